The molecule has 9 aliphatic rings. The molecule has 22 atom stereocenters. The van der Waals surface area contributed by atoms with E-state index >= 15 is 0 Å². The number of nitrogens with one attached hydrogen (secondary N) is 3. The molecule has 8 fully saturated rings. The molecule has 0 aromatic heterocycles. The summed E-state index contributed by atoms with van der Waals surface area (Å²) in [7, 11) is 4.76. The van der Waals surface area contributed by atoms with E-state index in [1.165, 1.54) is 44.9 Å². The molecule has 0 aromatic carbocycles. The van der Waals surface area contributed by atoms with Crippen molar-refractivity contribution in [3.05, 3.63) is 11.6 Å². The Morgan fingerprint density at radius 3 is 1.30 bits per heavy atom. The molecule has 0 radical (unpaired) electrons. The summed E-state index contributed by atoms with van der Waals surface area (Å²) in [6.07, 6.45) is 8.01. The largest absolute Gasteiger partial charge is 0.467 e. The van der Waals surface area contributed by atoms with Gasteiger partial charge in [0.2, 0.25) is 17.7 Å². The Hall–Kier alpha value is -4.95. The number of aliphatic hydroxyl groups excluding tert-OH is 1. The molecule has 3 aliphatic heterocycles. The molecule has 27 nitrogen and oxygen atoms in total. The molecule has 0 spiro atoms. The fourth-order valence-corrected chi connectivity index (χ4v) is 19.5. The van der Waals surface area contributed by atoms with Crippen LogP contribution in [-0.2, 0) is 90.6 Å². The Bertz CT molecular complexity index is 3060. The van der Waals surface area contributed by atoms with Crippen LogP contribution in [0.15, 0.2) is 11.6 Å². The SMILES string of the molecule is C.CO.COC(=O)[C@H](CS)NC(=O)[C@@H](CC(=O)OC(C)(C)C)C(C)C.COC(=O)[C@H](CS[C@H]1C2C(=O)O[C@@H]3CC[C@H](C[C@@H]1C)[C@]23O)NC(=O)[C@@H](CC(=O)OC(C)(C)C)C(C)C.COC(=O)[C@H](CS[C@H]1C2C(=O)O[C@@H]3CC[C@H](C[C@@H]1C)[C@]23O)NC(=O)[C@@H](N)C(C)C.C[C@@H]1C=C2C(=O)O[C@@H]3CC[C@H](C1)[C@]23O.Cl. The van der Waals surface area contributed by atoms with E-state index < -0.39 is 130 Å². The number of hydrogen-bond donors (Lipinski definition) is 9. The van der Waals surface area contributed by atoms with Crippen molar-refractivity contribution in [3.8, 4) is 0 Å². The molecule has 105 heavy (non-hydrogen) atoms. The van der Waals surface area contributed by atoms with Gasteiger partial charge in [-0.2, -0.15) is 36.2 Å². The molecule has 0 aromatic rings. The second-order valence-electron chi connectivity index (χ2n) is 31.9. The van der Waals surface area contributed by atoms with Crippen molar-refractivity contribution in [3.63, 3.8) is 0 Å². The highest BCUT2D eigenvalue weighted by Gasteiger charge is 2.70. The zero-order valence-electron chi connectivity index (χ0n) is 64.0. The molecule has 9 N–H and O–H groups in total. The Morgan fingerprint density at radius 2 is 0.933 bits per heavy atom. The summed E-state index contributed by atoms with van der Waals surface area (Å²) in [5, 5.41) is 47.8. The highest BCUT2D eigenvalue weighted by Crippen LogP contribution is 2.60. The smallest absolute Gasteiger partial charge is 0.337 e. The Morgan fingerprint density at radius 1 is 0.571 bits per heavy atom. The van der Waals surface area contributed by atoms with Crippen molar-refractivity contribution < 1.29 is 111 Å². The summed E-state index contributed by atoms with van der Waals surface area (Å²) in [5.41, 5.74) is 1.92. The fourth-order valence-electron chi connectivity index (χ4n) is 16.1. The topological polar surface area (TPSA) is 405 Å². The van der Waals surface area contributed by atoms with Crippen LogP contribution in [0.25, 0.3) is 0 Å². The molecule has 6 aliphatic carbocycles. The summed E-state index contributed by atoms with van der Waals surface area (Å²) >= 11 is 6.82. The monoisotopic (exact) mass is 1570 g/mol. The average molecular weight is 1570 g/mol. The molecule has 2 unspecified atom stereocenters. The minimum absolute atomic E-state index is 0. The molecule has 9 rings (SSSR count). The van der Waals surface area contributed by atoms with Gasteiger partial charge in [0.15, 0.2) is 0 Å². The second-order valence-corrected chi connectivity index (χ2v) is 34.7. The summed E-state index contributed by atoms with van der Waals surface area (Å²) < 4.78 is 41.2. The van der Waals surface area contributed by atoms with Gasteiger partial charge in [-0.3, -0.25) is 33.6 Å². The van der Waals surface area contributed by atoms with Gasteiger partial charge in [0.1, 0.15) is 76.3 Å². The highest BCUT2D eigenvalue weighted by atomic mass is 35.5. The van der Waals surface area contributed by atoms with Crippen LogP contribution in [0, 0.1) is 76.9 Å². The number of esters is 8. The number of halogens is 1. The molecule has 3 amide bonds. The summed E-state index contributed by atoms with van der Waals surface area (Å²) in [5.74, 6) is -6.25. The quantitative estimate of drug-likeness (QED) is 0.0313. The molecule has 3 saturated heterocycles. The summed E-state index contributed by atoms with van der Waals surface area (Å²) in [4.78, 5) is 135. The van der Waals surface area contributed by atoms with Gasteiger partial charge in [0, 0.05) is 34.9 Å². The molecule has 3 heterocycles. The van der Waals surface area contributed by atoms with E-state index in [9.17, 15) is 68.1 Å². The van der Waals surface area contributed by atoms with Crippen LogP contribution in [0.2, 0.25) is 0 Å². The van der Waals surface area contributed by atoms with E-state index in [4.69, 9.17) is 44.0 Å². The number of rotatable bonds is 23. The minimum atomic E-state index is -1.17. The number of amides is 3. The van der Waals surface area contributed by atoms with Crippen LogP contribution in [0.5, 0.6) is 0 Å². The first kappa shape index (κ1) is 94.3. The van der Waals surface area contributed by atoms with Gasteiger partial charge in [0.05, 0.1) is 57.6 Å². The van der Waals surface area contributed by atoms with Crippen molar-refractivity contribution in [2.45, 2.75) is 263 Å². The maximum absolute atomic E-state index is 13.2. The highest BCUT2D eigenvalue weighted by molar-refractivity contribution is 8.00. The zero-order chi connectivity index (χ0) is 77.9. The van der Waals surface area contributed by atoms with Crippen LogP contribution in [0.4, 0.5) is 0 Å². The molecular formula is C74H123ClN4O23S3. The zero-order valence-corrected chi connectivity index (χ0v) is 67.3. The number of thiol groups is 1. The van der Waals surface area contributed by atoms with Gasteiger partial charge in [-0.1, -0.05) is 75.8 Å². The normalized spacial score (nSPS) is 31.4. The standard InChI is InChI=1S/C26H41NO8S.C20H32N2O6S.C15H27NO5S.C11H14O3.CH4O.CH4.ClH/c1-13(2)16(11-19(28)35-25(4,5)6)22(29)27-17(23(30)33-7)12-36-21-14(3)10-15-8-9-18-26(15,32)20(21)24(31)34-18;1-9(2)15(21)17(23)22-12(18(24)27-4)8-29-16-10(3)7-11-5-6-13-20(11,26)14(16)19(25)28-13;1-9(2)10(7-12(17)21-15(3,4)5)13(18)16-11(8-22)14(19)20-6;1-6-4-7-2-3-9-11(7,13)8(5-6)10(12)14-9;1-2;;/h13-18,20-21,32H,8-12H2,1-7H3,(H,27,29);9-16,26H,5-8,21H2,1-4H3,(H,22,23);9-11,22H,7-8H2,1-6H3,(H,16,18);5-7,9,13H,2-4H2,1H3;2H,1H3;1H4;1H/t14-,15+,16-,17-,18+,20?,21+,26+;10-,11+,12-,13+,14?,15-,16+,20+;10-,11-;6-,7+,9+,11-;;;/m0000.../s1. The number of allylic oxidation sites excluding steroid dienone is 1. The van der Waals surface area contributed by atoms with Crippen LogP contribution < -0.4 is 21.7 Å². The van der Waals surface area contributed by atoms with Crippen LogP contribution in [0.1, 0.15) is 182 Å². The molecule has 0 bridgehead atoms. The Kier molecular flexibility index (Phi) is 35.6. The average Bonchev–Trinajstić information content (AvgIpc) is 1.58. The van der Waals surface area contributed by atoms with E-state index in [1.807, 2.05) is 47.6 Å². The van der Waals surface area contributed by atoms with Crippen molar-refractivity contribution in [2.24, 2.45) is 82.7 Å². The van der Waals surface area contributed by atoms with Crippen molar-refractivity contribution >= 4 is 114 Å². The van der Waals surface area contributed by atoms with Crippen molar-refractivity contribution in [1.29, 1.82) is 0 Å². The van der Waals surface area contributed by atoms with E-state index in [-0.39, 0.29) is 138 Å². The lowest BCUT2D eigenvalue weighted by Crippen LogP contribution is -2.56. The maximum Gasteiger partial charge on any atom is 0.337 e. The van der Waals surface area contributed by atoms with Crippen molar-refractivity contribution in [2.75, 3.05) is 45.7 Å². The first-order valence-corrected chi connectivity index (χ1v) is 38.8. The molecule has 31 heteroatoms. The predicted octanol–water partition coefficient (Wildman–Crippen LogP) is 6.19. The Labute approximate surface area is 640 Å². The number of aliphatic hydroxyl groups is 4. The lowest BCUT2D eigenvalue weighted by molar-refractivity contribution is -0.158. The number of carbonyl (C=O) groups excluding carboxylic acids is 11. The van der Waals surface area contributed by atoms with E-state index in [0.717, 1.165) is 52.1 Å². The minimum Gasteiger partial charge on any atom is -0.467 e. The van der Waals surface area contributed by atoms with Crippen LogP contribution in [0.3, 0.4) is 0 Å². The maximum atomic E-state index is 13.2. The van der Waals surface area contributed by atoms with Gasteiger partial charge in [-0.25, -0.2) is 19.2 Å². The Balaban J connectivity index is 0.000000374. The van der Waals surface area contributed by atoms with E-state index in [1.54, 1.807) is 41.5 Å². The first-order valence-electron chi connectivity index (χ1n) is 36.1. The van der Waals surface area contributed by atoms with E-state index in [2.05, 4.69) is 54.1 Å². The molecule has 602 valence electrons. The predicted molar refractivity (Wildman–Crippen MR) is 400 cm³/mol. The number of methoxy groups -OCH3 is 3. The first-order chi connectivity index (χ1) is 47.9. The summed E-state index contributed by atoms with van der Waals surface area (Å²) in [6, 6.07) is -3.41. The van der Waals surface area contributed by atoms with E-state index in [0.29, 0.717) is 24.3 Å². The van der Waals surface area contributed by atoms with Gasteiger partial charge >= 0.3 is 47.8 Å². The third-order valence-corrected chi connectivity index (χ3v) is 25.0. The number of thioether (sulfide) groups is 2. The third kappa shape index (κ3) is 22.4. The number of hydrogen-bond acceptors (Lipinski definition) is 27. The van der Waals surface area contributed by atoms with Gasteiger partial charge in [-0.05, 0) is 153 Å². The molecule has 5 saturated carbocycles. The summed E-state index contributed by atoms with van der Waals surface area (Å²) in [6.45, 7) is 27.8. The number of carbonyl (C=O) groups is 11. The van der Waals surface area contributed by atoms with Crippen molar-refractivity contribution in [1.82, 2.24) is 16.0 Å². The fraction of sp³-hybridized carbons (Fsp3) is 0.824. The second kappa shape index (κ2) is 39.6. The van der Waals surface area contributed by atoms with Gasteiger partial charge in [-0.15, -0.1) is 12.4 Å². The number of ether oxygens (including phenoxy) is 8. The third-order valence-electron chi connectivity index (χ3n) is 21.3. The van der Waals surface area contributed by atoms with Gasteiger partial charge in [0.25, 0.3) is 0 Å². The number of nitrogens with two attached hydrogens (primary N) is 1. The van der Waals surface area contributed by atoms with Gasteiger partial charge < -0.3 is 80.0 Å². The lowest BCUT2D eigenvalue weighted by Gasteiger charge is -2.44. The van der Waals surface area contributed by atoms with Crippen LogP contribution >= 0.6 is 48.6 Å². The lowest BCUT2D eigenvalue weighted by atomic mass is 9.66. The van der Waals surface area contributed by atoms with Crippen LogP contribution in [-0.4, -0.2) is 213 Å². The molecular weight excluding hydrogens is 1440 g/mol.